The van der Waals surface area contributed by atoms with Crippen LogP contribution in [0.1, 0.15) is 44.1 Å². The summed E-state index contributed by atoms with van der Waals surface area (Å²) in [6.07, 6.45) is 3.29. The second-order valence-electron chi connectivity index (χ2n) is 5.89. The molecule has 0 radical (unpaired) electrons. The van der Waals surface area contributed by atoms with Crippen molar-refractivity contribution in [1.82, 2.24) is 10.3 Å². The molecule has 0 spiro atoms. The first-order chi connectivity index (χ1) is 10.9. The number of nitrogens with one attached hydrogen (secondary N) is 1. The van der Waals surface area contributed by atoms with Gasteiger partial charge in [0.25, 0.3) is 0 Å². The zero-order valence-corrected chi connectivity index (χ0v) is 21.1. The molecule has 1 aromatic heterocycles. The van der Waals surface area contributed by atoms with Gasteiger partial charge in [0.05, 0.1) is 0 Å². The van der Waals surface area contributed by atoms with Crippen molar-refractivity contribution in [2.75, 3.05) is 6.61 Å². The standard InChI is InChI=1S/C16H21F3N2O2.CH3.Cs/c17-16(18,19)11-23-15-9-13(6-7-20-15)10-21-14(22)8-12-4-2-1-3-5-12;;/h6-7,9,12H,1-5,8,10-11H2,(H,21,22);1H3;/q;-1;+1. The molecule has 1 amide bonds. The van der Waals surface area contributed by atoms with Crippen LogP contribution in [0.25, 0.3) is 0 Å². The fourth-order valence-corrected chi connectivity index (χ4v) is 2.72. The summed E-state index contributed by atoms with van der Waals surface area (Å²) in [6.45, 7) is -1.12. The van der Waals surface area contributed by atoms with Crippen molar-refractivity contribution in [3.8, 4) is 5.88 Å². The number of aromatic nitrogens is 1. The molecule has 0 aliphatic heterocycles. The van der Waals surface area contributed by atoms with Crippen LogP contribution in [0.4, 0.5) is 13.2 Å². The van der Waals surface area contributed by atoms with E-state index in [9.17, 15) is 18.0 Å². The van der Waals surface area contributed by atoms with Crippen LogP contribution < -0.4 is 78.9 Å². The van der Waals surface area contributed by atoms with Crippen molar-refractivity contribution in [3.05, 3.63) is 31.3 Å². The van der Waals surface area contributed by atoms with Gasteiger partial charge in [-0.15, -0.1) is 0 Å². The Balaban J connectivity index is 0.00000288. The van der Waals surface area contributed by atoms with Crippen LogP contribution >= 0.6 is 0 Å². The fourth-order valence-electron chi connectivity index (χ4n) is 2.72. The van der Waals surface area contributed by atoms with Gasteiger partial charge in [-0.2, -0.15) is 13.2 Å². The molecular formula is C17H24CsF3N2O2. The number of hydrogen-bond donors (Lipinski definition) is 1. The molecular weight excluding hydrogens is 454 g/mol. The topological polar surface area (TPSA) is 51.2 Å². The molecule has 1 aliphatic rings. The first-order valence-electron chi connectivity index (χ1n) is 7.83. The van der Waals surface area contributed by atoms with Crippen LogP contribution in [-0.2, 0) is 11.3 Å². The van der Waals surface area contributed by atoms with Gasteiger partial charge >= 0.3 is 75.1 Å². The number of carbonyl (C=O) groups excluding carboxylic acids is 1. The minimum absolute atomic E-state index is 0. The van der Waals surface area contributed by atoms with Crippen molar-refractivity contribution >= 4 is 5.91 Å². The second-order valence-corrected chi connectivity index (χ2v) is 5.89. The predicted octanol–water partition coefficient (Wildman–Crippen LogP) is 1.06. The molecule has 25 heavy (non-hydrogen) atoms. The average Bonchev–Trinajstić information content (AvgIpc) is 2.52. The maximum atomic E-state index is 12.1. The summed E-state index contributed by atoms with van der Waals surface area (Å²) < 4.78 is 40.9. The van der Waals surface area contributed by atoms with Gasteiger partial charge in [0.2, 0.25) is 11.8 Å². The molecule has 136 valence electrons. The minimum Gasteiger partial charge on any atom is -0.468 e. The first kappa shape index (κ1) is 25.3. The Hall–Kier alpha value is 0.262. The van der Waals surface area contributed by atoms with Crippen molar-refractivity contribution < 1.29 is 91.6 Å². The van der Waals surface area contributed by atoms with Gasteiger partial charge in [-0.05, 0) is 30.4 Å². The monoisotopic (exact) mass is 478 g/mol. The SMILES string of the molecule is O=C(CC1CCCCC1)NCc1ccnc(OCC(F)(F)F)c1.[CH3-].[Cs+]. The maximum absolute atomic E-state index is 12.1. The van der Waals surface area contributed by atoms with E-state index in [1.165, 1.54) is 31.5 Å². The molecule has 0 atom stereocenters. The van der Waals surface area contributed by atoms with Crippen LogP contribution in [-0.4, -0.2) is 23.7 Å². The number of pyridine rings is 1. The second kappa shape index (κ2) is 12.6. The Labute approximate surface area is 206 Å². The largest absolute Gasteiger partial charge is 1.00 e. The van der Waals surface area contributed by atoms with E-state index in [-0.39, 0.29) is 94.7 Å². The predicted molar refractivity (Wildman–Crippen MR) is 85.2 cm³/mol. The van der Waals surface area contributed by atoms with E-state index in [1.54, 1.807) is 6.07 Å². The number of ether oxygens (including phenoxy) is 1. The number of carbonyl (C=O) groups is 1. The molecule has 1 fully saturated rings. The van der Waals surface area contributed by atoms with Gasteiger partial charge < -0.3 is 17.5 Å². The van der Waals surface area contributed by atoms with Crippen LogP contribution in [0.15, 0.2) is 18.3 Å². The number of nitrogens with zero attached hydrogens (tertiary/aromatic N) is 1. The molecule has 0 bridgehead atoms. The molecule has 1 saturated carbocycles. The maximum Gasteiger partial charge on any atom is 1.00 e. The number of alkyl halides is 3. The van der Waals surface area contributed by atoms with E-state index in [0.29, 0.717) is 17.9 Å². The van der Waals surface area contributed by atoms with E-state index in [1.807, 2.05) is 0 Å². The van der Waals surface area contributed by atoms with Gasteiger partial charge in [-0.1, -0.05) is 19.3 Å². The van der Waals surface area contributed by atoms with Crippen molar-refractivity contribution in [1.29, 1.82) is 0 Å². The molecule has 0 aromatic carbocycles. The quantitative estimate of drug-likeness (QED) is 0.623. The van der Waals surface area contributed by atoms with Crippen LogP contribution in [0.3, 0.4) is 0 Å². The summed E-state index contributed by atoms with van der Waals surface area (Å²) in [5.74, 6) is 0.333. The number of hydrogen-bond acceptors (Lipinski definition) is 3. The van der Waals surface area contributed by atoms with Crippen LogP contribution in [0.5, 0.6) is 5.88 Å². The molecule has 1 aliphatic carbocycles. The summed E-state index contributed by atoms with van der Waals surface area (Å²) in [7, 11) is 0. The molecule has 0 unspecified atom stereocenters. The van der Waals surface area contributed by atoms with Gasteiger partial charge in [0.1, 0.15) is 0 Å². The smallest absolute Gasteiger partial charge is 0.468 e. The number of amides is 1. The Morgan fingerprint density at radius 1 is 1.28 bits per heavy atom. The molecule has 1 aromatic rings. The zero-order chi connectivity index (χ0) is 16.7. The number of rotatable bonds is 6. The molecule has 0 saturated heterocycles. The van der Waals surface area contributed by atoms with Crippen molar-refractivity contribution in [2.24, 2.45) is 5.92 Å². The Bertz CT molecular complexity index is 521. The Morgan fingerprint density at radius 2 is 1.96 bits per heavy atom. The minimum atomic E-state index is -4.40. The molecule has 2 rings (SSSR count). The Kier molecular flexibility index (Phi) is 12.7. The van der Waals surface area contributed by atoms with Gasteiger partial charge in [-0.25, -0.2) is 4.98 Å². The molecule has 8 heteroatoms. The van der Waals surface area contributed by atoms with Crippen LogP contribution in [0, 0.1) is 13.3 Å². The van der Waals surface area contributed by atoms with E-state index in [0.717, 1.165) is 12.8 Å². The van der Waals surface area contributed by atoms with Gasteiger partial charge in [0, 0.05) is 25.2 Å². The third kappa shape index (κ3) is 10.9. The van der Waals surface area contributed by atoms with E-state index < -0.39 is 12.8 Å². The van der Waals surface area contributed by atoms with Gasteiger partial charge in [0.15, 0.2) is 6.61 Å². The van der Waals surface area contributed by atoms with E-state index >= 15 is 0 Å². The summed E-state index contributed by atoms with van der Waals surface area (Å²) in [6, 6.07) is 3.05. The summed E-state index contributed by atoms with van der Waals surface area (Å²) in [5, 5.41) is 2.80. The normalized spacial score (nSPS) is 14.8. The van der Waals surface area contributed by atoms with Gasteiger partial charge in [-0.3, -0.25) is 4.79 Å². The summed E-state index contributed by atoms with van der Waals surface area (Å²) >= 11 is 0. The molecule has 4 nitrogen and oxygen atoms in total. The summed E-state index contributed by atoms with van der Waals surface area (Å²) in [5.41, 5.74) is 0.661. The third-order valence-corrected chi connectivity index (χ3v) is 3.87. The third-order valence-electron chi connectivity index (χ3n) is 3.87. The molecule has 1 heterocycles. The van der Waals surface area contributed by atoms with Crippen molar-refractivity contribution in [3.63, 3.8) is 0 Å². The van der Waals surface area contributed by atoms with Crippen molar-refractivity contribution in [2.45, 2.75) is 51.2 Å². The molecule has 1 N–H and O–H groups in total. The number of halogens is 3. The van der Waals surface area contributed by atoms with E-state index in [2.05, 4.69) is 15.0 Å². The zero-order valence-electron chi connectivity index (χ0n) is 14.9. The fraction of sp³-hybridized carbons (Fsp3) is 0.588. The summed E-state index contributed by atoms with van der Waals surface area (Å²) in [4.78, 5) is 15.6. The van der Waals surface area contributed by atoms with E-state index in [4.69, 9.17) is 0 Å². The first-order valence-corrected chi connectivity index (χ1v) is 7.83. The van der Waals surface area contributed by atoms with Crippen LogP contribution in [0.2, 0.25) is 0 Å². The average molecular weight is 478 g/mol. The Morgan fingerprint density at radius 3 is 2.60 bits per heavy atom.